The maximum atomic E-state index is 12.0. The summed E-state index contributed by atoms with van der Waals surface area (Å²) in [6.45, 7) is 1.63. The number of hydrogen-bond acceptors (Lipinski definition) is 4. The van der Waals surface area contributed by atoms with Crippen molar-refractivity contribution in [3.05, 3.63) is 34.2 Å². The quantitative estimate of drug-likeness (QED) is 0.757. The molecule has 0 unspecified atom stereocenters. The lowest BCUT2D eigenvalue weighted by Gasteiger charge is -2.08. The van der Waals surface area contributed by atoms with Crippen LogP contribution in [0.5, 0.6) is 5.75 Å². The molecule has 0 spiro atoms. The molecule has 2 aromatic rings. The van der Waals surface area contributed by atoms with E-state index in [4.69, 9.17) is 23.2 Å². The summed E-state index contributed by atoms with van der Waals surface area (Å²) in [5.41, 5.74) is 0.139. The number of imidazole rings is 1. The van der Waals surface area contributed by atoms with Crippen LogP contribution < -0.4 is 4.72 Å². The number of H-pyrrole nitrogens is 1. The zero-order valence-electron chi connectivity index (χ0n) is 9.61. The number of phenols is 1. The van der Waals surface area contributed by atoms with Crippen molar-refractivity contribution in [3.63, 3.8) is 0 Å². The number of aryl methyl sites for hydroxylation is 1. The van der Waals surface area contributed by atoms with Crippen molar-refractivity contribution in [3.8, 4) is 5.75 Å². The van der Waals surface area contributed by atoms with Gasteiger partial charge in [0.05, 0.1) is 21.9 Å². The number of benzene rings is 1. The summed E-state index contributed by atoms with van der Waals surface area (Å²) in [6, 6.07) is 2.51. The highest BCUT2D eigenvalue weighted by atomic mass is 35.5. The number of anilines is 1. The number of nitrogens with one attached hydrogen (secondary N) is 2. The molecule has 0 aliphatic carbocycles. The highest BCUT2D eigenvalue weighted by molar-refractivity contribution is 7.92. The minimum Gasteiger partial charge on any atom is -0.505 e. The largest absolute Gasteiger partial charge is 0.505 e. The minimum atomic E-state index is -3.81. The van der Waals surface area contributed by atoms with Gasteiger partial charge in [0, 0.05) is 0 Å². The number of aromatic amines is 1. The van der Waals surface area contributed by atoms with Crippen LogP contribution >= 0.6 is 23.2 Å². The topological polar surface area (TPSA) is 95.1 Å². The van der Waals surface area contributed by atoms with Gasteiger partial charge in [-0.25, -0.2) is 4.98 Å². The van der Waals surface area contributed by atoms with Gasteiger partial charge >= 0.3 is 0 Å². The van der Waals surface area contributed by atoms with Crippen molar-refractivity contribution in [1.82, 2.24) is 9.97 Å². The van der Waals surface area contributed by atoms with E-state index in [9.17, 15) is 13.5 Å². The van der Waals surface area contributed by atoms with Crippen molar-refractivity contribution in [2.24, 2.45) is 0 Å². The average Bonchev–Trinajstić information content (AvgIpc) is 2.73. The average molecular weight is 322 g/mol. The zero-order chi connectivity index (χ0) is 14.2. The monoisotopic (exact) mass is 321 g/mol. The van der Waals surface area contributed by atoms with Gasteiger partial charge in [-0.05, 0) is 19.1 Å². The number of aromatic nitrogens is 2. The minimum absolute atomic E-state index is 0.0500. The normalized spacial score (nSPS) is 11.5. The van der Waals surface area contributed by atoms with E-state index in [2.05, 4.69) is 14.7 Å². The Morgan fingerprint density at radius 2 is 1.89 bits per heavy atom. The number of halogens is 2. The molecule has 0 radical (unpaired) electrons. The molecule has 6 nitrogen and oxygen atoms in total. The van der Waals surface area contributed by atoms with Gasteiger partial charge in [0.2, 0.25) is 0 Å². The Morgan fingerprint density at radius 3 is 2.37 bits per heavy atom. The van der Waals surface area contributed by atoms with Gasteiger partial charge in [-0.1, -0.05) is 23.2 Å². The Hall–Kier alpha value is -1.44. The lowest BCUT2D eigenvalue weighted by Crippen LogP contribution is -2.13. The predicted octanol–water partition coefficient (Wildman–Crippen LogP) is 2.53. The fraction of sp³-hybridized carbons (Fsp3) is 0.100. The van der Waals surface area contributed by atoms with Gasteiger partial charge in [0.15, 0.2) is 10.8 Å². The van der Waals surface area contributed by atoms with Gasteiger partial charge < -0.3 is 10.1 Å². The summed E-state index contributed by atoms with van der Waals surface area (Å²) < 4.78 is 26.3. The van der Waals surface area contributed by atoms with E-state index in [1.165, 1.54) is 18.3 Å². The van der Waals surface area contributed by atoms with E-state index in [-0.39, 0.29) is 26.5 Å². The lowest BCUT2D eigenvalue weighted by atomic mass is 10.3. The predicted molar refractivity (Wildman–Crippen MR) is 72.3 cm³/mol. The molecule has 3 N–H and O–H groups in total. The zero-order valence-corrected chi connectivity index (χ0v) is 11.9. The van der Waals surface area contributed by atoms with Crippen LogP contribution in [0.3, 0.4) is 0 Å². The third-order valence-electron chi connectivity index (χ3n) is 2.24. The van der Waals surface area contributed by atoms with Gasteiger partial charge in [0.25, 0.3) is 10.0 Å². The van der Waals surface area contributed by atoms with E-state index in [1.807, 2.05) is 0 Å². The standard InChI is InChI=1S/C10H9Cl2N3O3S/c1-5-13-4-9(14-5)19(17,18)15-6-2-7(11)10(16)8(12)3-6/h2-4,15-16H,1H3,(H,13,14). The van der Waals surface area contributed by atoms with Crippen LogP contribution in [0.15, 0.2) is 23.4 Å². The van der Waals surface area contributed by atoms with Crippen molar-refractivity contribution in [1.29, 1.82) is 0 Å². The van der Waals surface area contributed by atoms with Crippen LogP contribution in [0.25, 0.3) is 0 Å². The molecule has 0 fully saturated rings. The molecule has 19 heavy (non-hydrogen) atoms. The van der Waals surface area contributed by atoms with E-state index in [0.29, 0.717) is 5.82 Å². The summed E-state index contributed by atoms with van der Waals surface area (Å²) in [5, 5.41) is 9.21. The van der Waals surface area contributed by atoms with Crippen molar-refractivity contribution < 1.29 is 13.5 Å². The van der Waals surface area contributed by atoms with Gasteiger partial charge in [-0.2, -0.15) is 8.42 Å². The Bertz CT molecular complexity index is 704. The third-order valence-corrected chi connectivity index (χ3v) is 4.11. The second-order valence-electron chi connectivity index (χ2n) is 3.73. The Labute approximate surface area is 119 Å². The molecular weight excluding hydrogens is 313 g/mol. The first-order valence-corrected chi connectivity index (χ1v) is 7.26. The summed E-state index contributed by atoms with van der Waals surface area (Å²) in [5.74, 6) is 0.172. The first-order valence-electron chi connectivity index (χ1n) is 5.02. The maximum absolute atomic E-state index is 12.0. The molecule has 0 bridgehead atoms. The Kier molecular flexibility index (Phi) is 3.62. The second-order valence-corrected chi connectivity index (χ2v) is 6.19. The molecular formula is C10H9Cl2N3O3S. The van der Waals surface area contributed by atoms with Crippen LogP contribution in [-0.4, -0.2) is 23.5 Å². The first-order chi connectivity index (χ1) is 8.79. The van der Waals surface area contributed by atoms with Crippen molar-refractivity contribution in [2.75, 3.05) is 4.72 Å². The number of phenolic OH excluding ortho intramolecular Hbond substituents is 1. The van der Waals surface area contributed by atoms with Crippen LogP contribution in [0, 0.1) is 6.92 Å². The third kappa shape index (κ3) is 2.94. The first kappa shape index (κ1) is 14.0. The molecule has 102 valence electrons. The molecule has 0 amide bonds. The van der Waals surface area contributed by atoms with Crippen molar-refractivity contribution in [2.45, 2.75) is 11.9 Å². The van der Waals surface area contributed by atoms with Gasteiger partial charge in [0.1, 0.15) is 5.82 Å². The fourth-order valence-electron chi connectivity index (χ4n) is 1.37. The SMILES string of the molecule is Cc1ncc(S(=O)(=O)Nc2cc(Cl)c(O)c(Cl)c2)[nH]1. The van der Waals surface area contributed by atoms with Crippen LogP contribution in [-0.2, 0) is 10.0 Å². The molecule has 2 rings (SSSR count). The van der Waals surface area contributed by atoms with E-state index in [1.54, 1.807) is 6.92 Å². The fourth-order valence-corrected chi connectivity index (χ4v) is 2.87. The Morgan fingerprint density at radius 1 is 1.32 bits per heavy atom. The van der Waals surface area contributed by atoms with E-state index in [0.717, 1.165) is 0 Å². The molecule has 1 heterocycles. The van der Waals surface area contributed by atoms with Crippen molar-refractivity contribution >= 4 is 38.9 Å². The highest BCUT2D eigenvalue weighted by Gasteiger charge is 2.18. The number of nitrogens with zero attached hydrogens (tertiary/aromatic N) is 1. The van der Waals surface area contributed by atoms with Gasteiger partial charge in [-0.3, -0.25) is 4.72 Å². The summed E-state index contributed by atoms with van der Waals surface area (Å²) in [6.07, 6.45) is 1.20. The summed E-state index contributed by atoms with van der Waals surface area (Å²) >= 11 is 11.4. The summed E-state index contributed by atoms with van der Waals surface area (Å²) in [7, 11) is -3.81. The van der Waals surface area contributed by atoms with Crippen LogP contribution in [0.2, 0.25) is 10.0 Å². The molecule has 0 saturated heterocycles. The van der Waals surface area contributed by atoms with E-state index >= 15 is 0 Å². The molecule has 0 aliphatic rings. The molecule has 9 heteroatoms. The number of sulfonamides is 1. The number of rotatable bonds is 3. The number of aromatic hydroxyl groups is 1. The molecule has 0 aliphatic heterocycles. The number of hydrogen-bond donors (Lipinski definition) is 3. The second kappa shape index (κ2) is 4.92. The van der Waals surface area contributed by atoms with Crippen LogP contribution in [0.4, 0.5) is 5.69 Å². The molecule has 1 aromatic heterocycles. The molecule has 0 saturated carbocycles. The Balaban J connectivity index is 2.36. The van der Waals surface area contributed by atoms with E-state index < -0.39 is 10.0 Å². The maximum Gasteiger partial charge on any atom is 0.278 e. The smallest absolute Gasteiger partial charge is 0.278 e. The molecule has 1 aromatic carbocycles. The van der Waals surface area contributed by atoms with Gasteiger partial charge in [-0.15, -0.1) is 0 Å². The summed E-state index contributed by atoms with van der Waals surface area (Å²) in [4.78, 5) is 6.41. The lowest BCUT2D eigenvalue weighted by molar-refractivity contribution is 0.476. The molecule has 0 atom stereocenters. The highest BCUT2D eigenvalue weighted by Crippen LogP contribution is 2.35. The van der Waals surface area contributed by atoms with Crippen LogP contribution in [0.1, 0.15) is 5.82 Å².